The number of anilines is 2. The molecule has 18 heavy (non-hydrogen) atoms. The number of aliphatic hydroxyl groups excluding tert-OH is 1. The highest BCUT2D eigenvalue weighted by Crippen LogP contribution is 2.25. The van der Waals surface area contributed by atoms with E-state index in [0.717, 1.165) is 12.8 Å². The maximum absolute atomic E-state index is 9.18. The molecule has 1 atom stereocenters. The molecular formula is C12H21ClN4O. The van der Waals surface area contributed by atoms with E-state index in [1.165, 1.54) is 0 Å². The fraction of sp³-hybridized carbons (Fsp3) is 0.667. The van der Waals surface area contributed by atoms with Gasteiger partial charge in [-0.3, -0.25) is 0 Å². The number of nitrogens with one attached hydrogen (secondary N) is 1. The lowest BCUT2D eigenvalue weighted by atomic mass is 10.1. The third kappa shape index (κ3) is 3.99. The summed E-state index contributed by atoms with van der Waals surface area (Å²) in [4.78, 5) is 8.53. The van der Waals surface area contributed by atoms with Crippen LogP contribution < -0.4 is 11.1 Å². The Balaban J connectivity index is 2.98. The molecule has 1 aromatic rings. The van der Waals surface area contributed by atoms with Gasteiger partial charge in [-0.15, -0.1) is 0 Å². The molecule has 1 heterocycles. The lowest BCUT2D eigenvalue weighted by molar-refractivity contribution is 0.271. The molecule has 0 fully saturated rings. The molecule has 0 radical (unpaired) electrons. The second-order valence-corrected chi connectivity index (χ2v) is 5.08. The summed E-state index contributed by atoms with van der Waals surface area (Å²) in [6.45, 7) is 6.17. The van der Waals surface area contributed by atoms with Crippen LogP contribution in [0.3, 0.4) is 0 Å². The SMILES string of the molecule is CCC(CO)Nc1nc(CC(C)C)nc(Cl)c1N. The standard InChI is InChI=1S/C12H21ClN4O/c1-4-8(6-18)15-12-10(14)11(13)16-9(17-12)5-7(2)3/h7-8,18H,4-6,14H2,1-3H3,(H,15,16,17). The lowest BCUT2D eigenvalue weighted by Crippen LogP contribution is -2.24. The zero-order valence-electron chi connectivity index (χ0n) is 11.1. The van der Waals surface area contributed by atoms with Crippen molar-refractivity contribution in [2.45, 2.75) is 39.7 Å². The normalized spacial score (nSPS) is 12.8. The number of rotatable bonds is 6. The molecular weight excluding hydrogens is 252 g/mol. The Kier molecular flexibility index (Phi) is 5.62. The first-order valence-corrected chi connectivity index (χ1v) is 6.55. The third-order valence-corrected chi connectivity index (χ3v) is 2.88. The second kappa shape index (κ2) is 6.75. The Morgan fingerprint density at radius 1 is 1.39 bits per heavy atom. The molecule has 5 nitrogen and oxygen atoms in total. The summed E-state index contributed by atoms with van der Waals surface area (Å²) in [5, 5.41) is 12.5. The van der Waals surface area contributed by atoms with Gasteiger partial charge in [0.05, 0.1) is 12.6 Å². The van der Waals surface area contributed by atoms with Crippen molar-refractivity contribution in [1.82, 2.24) is 9.97 Å². The van der Waals surface area contributed by atoms with Crippen LogP contribution in [0.2, 0.25) is 5.15 Å². The predicted octanol–water partition coefficient (Wildman–Crippen LogP) is 2.09. The van der Waals surface area contributed by atoms with Crippen molar-refractivity contribution in [3.8, 4) is 0 Å². The topological polar surface area (TPSA) is 84.1 Å². The van der Waals surface area contributed by atoms with E-state index in [0.29, 0.717) is 23.2 Å². The van der Waals surface area contributed by atoms with Crippen LogP contribution in [-0.2, 0) is 6.42 Å². The van der Waals surface area contributed by atoms with Gasteiger partial charge < -0.3 is 16.2 Å². The highest BCUT2D eigenvalue weighted by molar-refractivity contribution is 6.32. The average Bonchev–Trinajstić information content (AvgIpc) is 2.31. The molecule has 6 heteroatoms. The van der Waals surface area contributed by atoms with E-state index < -0.39 is 0 Å². The number of nitrogen functional groups attached to an aromatic ring is 1. The monoisotopic (exact) mass is 272 g/mol. The largest absolute Gasteiger partial charge is 0.394 e. The summed E-state index contributed by atoms with van der Waals surface area (Å²) in [6, 6.07) is -0.0785. The summed E-state index contributed by atoms with van der Waals surface area (Å²) < 4.78 is 0. The van der Waals surface area contributed by atoms with Gasteiger partial charge in [-0.2, -0.15) is 0 Å². The van der Waals surface area contributed by atoms with E-state index in [2.05, 4.69) is 29.1 Å². The molecule has 0 aromatic carbocycles. The molecule has 0 saturated carbocycles. The quantitative estimate of drug-likeness (QED) is 0.691. The number of aliphatic hydroxyl groups is 1. The van der Waals surface area contributed by atoms with Crippen LogP contribution in [0, 0.1) is 5.92 Å². The zero-order valence-corrected chi connectivity index (χ0v) is 11.8. The number of nitrogens with two attached hydrogens (primary N) is 1. The van der Waals surface area contributed by atoms with Crippen LogP contribution in [0.4, 0.5) is 11.5 Å². The van der Waals surface area contributed by atoms with Crippen molar-refractivity contribution in [2.24, 2.45) is 5.92 Å². The highest BCUT2D eigenvalue weighted by Gasteiger charge is 2.14. The molecule has 0 aliphatic rings. The number of hydrogen-bond donors (Lipinski definition) is 3. The molecule has 0 aliphatic carbocycles. The van der Waals surface area contributed by atoms with E-state index in [1.54, 1.807) is 0 Å². The van der Waals surface area contributed by atoms with Gasteiger partial charge in [-0.05, 0) is 12.3 Å². The smallest absolute Gasteiger partial charge is 0.157 e. The van der Waals surface area contributed by atoms with E-state index in [4.69, 9.17) is 17.3 Å². The van der Waals surface area contributed by atoms with Crippen molar-refractivity contribution >= 4 is 23.1 Å². The van der Waals surface area contributed by atoms with Gasteiger partial charge in [0.15, 0.2) is 11.0 Å². The first-order valence-electron chi connectivity index (χ1n) is 6.17. The van der Waals surface area contributed by atoms with Crippen LogP contribution in [-0.4, -0.2) is 27.7 Å². The molecule has 0 saturated heterocycles. The first kappa shape index (κ1) is 15.0. The van der Waals surface area contributed by atoms with Crippen LogP contribution >= 0.6 is 11.6 Å². The minimum Gasteiger partial charge on any atom is -0.394 e. The molecule has 0 amide bonds. The zero-order chi connectivity index (χ0) is 13.7. The summed E-state index contributed by atoms with van der Waals surface area (Å²) in [7, 11) is 0. The minimum atomic E-state index is -0.0785. The van der Waals surface area contributed by atoms with Gasteiger partial charge in [-0.25, -0.2) is 9.97 Å². The molecule has 1 aromatic heterocycles. The van der Waals surface area contributed by atoms with Gasteiger partial charge in [0, 0.05) is 6.42 Å². The Morgan fingerprint density at radius 3 is 2.56 bits per heavy atom. The third-order valence-electron chi connectivity index (χ3n) is 2.59. The Morgan fingerprint density at radius 2 is 2.06 bits per heavy atom. The number of halogens is 1. The average molecular weight is 273 g/mol. The minimum absolute atomic E-state index is 0.0249. The first-order chi connectivity index (χ1) is 8.47. The number of hydrogen-bond acceptors (Lipinski definition) is 5. The summed E-state index contributed by atoms with van der Waals surface area (Å²) in [5.41, 5.74) is 6.17. The molecule has 102 valence electrons. The maximum atomic E-state index is 9.18. The van der Waals surface area contributed by atoms with Gasteiger partial charge >= 0.3 is 0 Å². The fourth-order valence-electron chi connectivity index (χ4n) is 1.52. The van der Waals surface area contributed by atoms with Crippen LogP contribution in [0.1, 0.15) is 33.0 Å². The van der Waals surface area contributed by atoms with E-state index in [1.807, 2.05) is 6.92 Å². The van der Waals surface area contributed by atoms with E-state index in [9.17, 15) is 5.11 Å². The summed E-state index contributed by atoms with van der Waals surface area (Å²) >= 11 is 5.99. The van der Waals surface area contributed by atoms with E-state index >= 15 is 0 Å². The Hall–Kier alpha value is -1.07. The fourth-order valence-corrected chi connectivity index (χ4v) is 1.71. The molecule has 4 N–H and O–H groups in total. The molecule has 0 aliphatic heterocycles. The Labute approximate surface area is 113 Å². The highest BCUT2D eigenvalue weighted by atomic mass is 35.5. The molecule has 1 rings (SSSR count). The summed E-state index contributed by atoms with van der Waals surface area (Å²) in [6.07, 6.45) is 1.52. The number of aromatic nitrogens is 2. The van der Waals surface area contributed by atoms with Crippen molar-refractivity contribution in [2.75, 3.05) is 17.7 Å². The van der Waals surface area contributed by atoms with Crippen LogP contribution in [0.5, 0.6) is 0 Å². The van der Waals surface area contributed by atoms with Crippen molar-refractivity contribution in [3.63, 3.8) is 0 Å². The Bertz CT molecular complexity index is 394. The van der Waals surface area contributed by atoms with Crippen LogP contribution in [0.25, 0.3) is 0 Å². The molecule has 0 bridgehead atoms. The molecule has 1 unspecified atom stereocenters. The van der Waals surface area contributed by atoms with Gasteiger partial charge in [0.2, 0.25) is 0 Å². The van der Waals surface area contributed by atoms with Gasteiger partial charge in [-0.1, -0.05) is 32.4 Å². The predicted molar refractivity (Wildman–Crippen MR) is 74.8 cm³/mol. The summed E-state index contributed by atoms with van der Waals surface area (Å²) in [5.74, 6) is 1.61. The van der Waals surface area contributed by atoms with E-state index in [-0.39, 0.29) is 17.8 Å². The number of nitrogens with zero attached hydrogens (tertiary/aromatic N) is 2. The lowest BCUT2D eigenvalue weighted by Gasteiger charge is -2.17. The van der Waals surface area contributed by atoms with Crippen LogP contribution in [0.15, 0.2) is 0 Å². The molecule has 0 spiro atoms. The van der Waals surface area contributed by atoms with Gasteiger partial charge in [0.25, 0.3) is 0 Å². The van der Waals surface area contributed by atoms with Gasteiger partial charge in [0.1, 0.15) is 11.5 Å². The van der Waals surface area contributed by atoms with Crippen molar-refractivity contribution in [1.29, 1.82) is 0 Å². The second-order valence-electron chi connectivity index (χ2n) is 4.72. The van der Waals surface area contributed by atoms with Crippen molar-refractivity contribution in [3.05, 3.63) is 11.0 Å². The van der Waals surface area contributed by atoms with Crippen molar-refractivity contribution < 1.29 is 5.11 Å². The maximum Gasteiger partial charge on any atom is 0.157 e.